The quantitative estimate of drug-likeness (QED) is 0.538. The van der Waals surface area contributed by atoms with Crippen molar-refractivity contribution < 1.29 is 22.8 Å². The molecule has 9 nitrogen and oxygen atoms in total. The molecule has 1 aliphatic rings. The number of nitrogens with two attached hydrogens (primary N) is 1. The highest BCUT2D eigenvalue weighted by atomic mass is 19.4. The number of anilines is 2. The molecule has 2 amide bonds. The van der Waals surface area contributed by atoms with E-state index in [4.69, 9.17) is 5.73 Å². The van der Waals surface area contributed by atoms with Gasteiger partial charge < -0.3 is 21.3 Å². The van der Waals surface area contributed by atoms with Crippen LogP contribution in [0.25, 0.3) is 5.69 Å². The zero-order valence-corrected chi connectivity index (χ0v) is 17.3. The van der Waals surface area contributed by atoms with Crippen molar-refractivity contribution in [2.24, 2.45) is 5.73 Å². The monoisotopic (exact) mass is 459 g/mol. The lowest BCUT2D eigenvalue weighted by Crippen LogP contribution is -2.43. The number of rotatable bonds is 5. The molecule has 3 heterocycles. The first kappa shape index (κ1) is 22.3. The largest absolute Gasteiger partial charge is 0.433 e. The first-order valence-electron chi connectivity index (χ1n) is 10.0. The van der Waals surface area contributed by atoms with Gasteiger partial charge in [0.25, 0.3) is 11.8 Å². The van der Waals surface area contributed by atoms with Gasteiger partial charge in [0.05, 0.1) is 17.6 Å². The lowest BCUT2D eigenvalue weighted by atomic mass is 10.2. The van der Waals surface area contributed by atoms with E-state index in [0.717, 1.165) is 50.1 Å². The maximum atomic E-state index is 12.9. The van der Waals surface area contributed by atoms with Crippen LogP contribution in [0.3, 0.4) is 0 Å². The number of nitrogens with one attached hydrogen (secondary N) is 2. The van der Waals surface area contributed by atoms with Gasteiger partial charge in [0.1, 0.15) is 11.4 Å². The summed E-state index contributed by atoms with van der Waals surface area (Å²) in [5, 5.41) is 9.79. The van der Waals surface area contributed by atoms with Crippen molar-refractivity contribution in [3.05, 3.63) is 65.7 Å². The van der Waals surface area contributed by atoms with Crippen LogP contribution in [0.4, 0.5) is 24.5 Å². The average Bonchev–Trinajstić information content (AvgIpc) is 3.23. The molecule has 4 rings (SSSR count). The molecule has 0 saturated carbocycles. The predicted molar refractivity (Wildman–Crippen MR) is 114 cm³/mol. The number of piperazine rings is 1. The van der Waals surface area contributed by atoms with Gasteiger partial charge in [-0.1, -0.05) is 6.07 Å². The van der Waals surface area contributed by atoms with Crippen LogP contribution in [0.15, 0.2) is 48.7 Å². The Labute approximate surface area is 186 Å². The number of alkyl halides is 3. The van der Waals surface area contributed by atoms with E-state index < -0.39 is 29.4 Å². The Morgan fingerprint density at radius 3 is 2.33 bits per heavy atom. The highest BCUT2D eigenvalue weighted by Gasteiger charge is 2.33. The van der Waals surface area contributed by atoms with Gasteiger partial charge in [0.15, 0.2) is 5.69 Å². The van der Waals surface area contributed by atoms with E-state index in [1.807, 2.05) is 12.1 Å². The molecule has 0 spiro atoms. The number of benzene rings is 1. The molecule has 0 aliphatic carbocycles. The first-order valence-corrected chi connectivity index (χ1v) is 10.0. The number of hydrogen-bond donors (Lipinski definition) is 3. The van der Waals surface area contributed by atoms with Gasteiger partial charge in [-0.15, -0.1) is 0 Å². The fraction of sp³-hybridized carbons (Fsp3) is 0.238. The van der Waals surface area contributed by atoms with Crippen LogP contribution < -0.4 is 21.3 Å². The Bertz CT molecular complexity index is 1170. The summed E-state index contributed by atoms with van der Waals surface area (Å²) in [6, 6.07) is 10.4. The van der Waals surface area contributed by atoms with Gasteiger partial charge in [-0.3, -0.25) is 9.59 Å². The third-order valence-corrected chi connectivity index (χ3v) is 5.06. The van der Waals surface area contributed by atoms with Gasteiger partial charge in [-0.2, -0.15) is 18.3 Å². The molecule has 1 fully saturated rings. The van der Waals surface area contributed by atoms with Crippen molar-refractivity contribution in [2.45, 2.75) is 6.18 Å². The molecule has 0 bridgehead atoms. The van der Waals surface area contributed by atoms with E-state index in [2.05, 4.69) is 25.6 Å². The number of nitrogens with zero attached hydrogens (tertiary/aromatic N) is 4. The molecule has 0 atom stereocenters. The Balaban J connectivity index is 1.57. The van der Waals surface area contributed by atoms with Crippen LogP contribution in [0.1, 0.15) is 26.7 Å². The second kappa shape index (κ2) is 8.90. The summed E-state index contributed by atoms with van der Waals surface area (Å²) in [6.07, 6.45) is -3.33. The van der Waals surface area contributed by atoms with Crippen LogP contribution >= 0.6 is 0 Å². The third-order valence-electron chi connectivity index (χ3n) is 5.06. The average molecular weight is 459 g/mol. The standard InChI is InChI=1S/C21H20F3N7O2/c22-21(23,24)17-3-1-2-15(27-17)20(33)28-16-12-31(29-18(16)19(25)32)14-6-4-13(5-7-14)30-10-8-26-9-11-30/h1-7,12,26H,8-11H2,(H2,25,32)(H,28,33). The number of primary amides is 1. The van der Waals surface area contributed by atoms with E-state index in [-0.39, 0.29) is 11.4 Å². The summed E-state index contributed by atoms with van der Waals surface area (Å²) in [5.74, 6) is -1.84. The lowest BCUT2D eigenvalue weighted by molar-refractivity contribution is -0.141. The molecule has 1 aromatic carbocycles. The van der Waals surface area contributed by atoms with Crippen molar-refractivity contribution >= 4 is 23.2 Å². The molecule has 12 heteroatoms. The topological polar surface area (TPSA) is 118 Å². The number of carbonyl (C=O) groups excluding carboxylic acids is 2. The van der Waals surface area contributed by atoms with Gasteiger partial charge in [-0.05, 0) is 36.4 Å². The highest BCUT2D eigenvalue weighted by molar-refractivity contribution is 6.07. The van der Waals surface area contributed by atoms with E-state index in [1.165, 1.54) is 10.9 Å². The number of hydrogen-bond acceptors (Lipinski definition) is 6. The minimum Gasteiger partial charge on any atom is -0.369 e. The zero-order chi connectivity index (χ0) is 23.6. The molecule has 172 valence electrons. The van der Waals surface area contributed by atoms with Crippen LogP contribution in [-0.4, -0.2) is 52.8 Å². The van der Waals surface area contributed by atoms with Gasteiger partial charge in [-0.25, -0.2) is 9.67 Å². The molecule has 3 aromatic rings. The van der Waals surface area contributed by atoms with Crippen molar-refractivity contribution in [1.82, 2.24) is 20.1 Å². The molecule has 1 aliphatic heterocycles. The number of amides is 2. The second-order valence-electron chi connectivity index (χ2n) is 7.31. The maximum absolute atomic E-state index is 12.9. The van der Waals surface area contributed by atoms with Crippen LogP contribution in [0, 0.1) is 0 Å². The molecule has 33 heavy (non-hydrogen) atoms. The fourth-order valence-corrected chi connectivity index (χ4v) is 3.42. The smallest absolute Gasteiger partial charge is 0.369 e. The Kier molecular flexibility index (Phi) is 6.01. The van der Waals surface area contributed by atoms with E-state index >= 15 is 0 Å². The SMILES string of the molecule is NC(=O)c1nn(-c2ccc(N3CCNCC3)cc2)cc1NC(=O)c1cccc(C(F)(F)F)n1. The van der Waals surface area contributed by atoms with Gasteiger partial charge >= 0.3 is 6.18 Å². The van der Waals surface area contributed by atoms with Crippen molar-refractivity contribution in [3.63, 3.8) is 0 Å². The minimum absolute atomic E-state index is 0.0436. The summed E-state index contributed by atoms with van der Waals surface area (Å²) in [7, 11) is 0. The fourth-order valence-electron chi connectivity index (χ4n) is 3.42. The summed E-state index contributed by atoms with van der Waals surface area (Å²) in [6.45, 7) is 3.55. The van der Waals surface area contributed by atoms with Crippen LogP contribution in [-0.2, 0) is 6.18 Å². The Morgan fingerprint density at radius 1 is 1.03 bits per heavy atom. The number of carbonyl (C=O) groups is 2. The lowest BCUT2D eigenvalue weighted by Gasteiger charge is -2.29. The molecule has 1 saturated heterocycles. The van der Waals surface area contributed by atoms with E-state index in [0.29, 0.717) is 5.69 Å². The maximum Gasteiger partial charge on any atom is 0.433 e. The predicted octanol–water partition coefficient (Wildman–Crippen LogP) is 2.05. The van der Waals surface area contributed by atoms with Crippen LogP contribution in [0.5, 0.6) is 0 Å². The molecule has 4 N–H and O–H groups in total. The molecule has 2 aromatic heterocycles. The Hall–Kier alpha value is -3.93. The zero-order valence-electron chi connectivity index (χ0n) is 17.3. The summed E-state index contributed by atoms with van der Waals surface area (Å²) in [5.41, 5.74) is 5.07. The first-order chi connectivity index (χ1) is 15.7. The van der Waals surface area contributed by atoms with E-state index in [1.54, 1.807) is 12.1 Å². The van der Waals surface area contributed by atoms with Crippen molar-refractivity contribution in [3.8, 4) is 5.69 Å². The summed E-state index contributed by atoms with van der Waals surface area (Å²) in [4.78, 5) is 29.9. The molecule has 0 unspecified atom stereocenters. The van der Waals surface area contributed by atoms with Gasteiger partial charge in [0.2, 0.25) is 0 Å². The van der Waals surface area contributed by atoms with Crippen molar-refractivity contribution in [1.29, 1.82) is 0 Å². The van der Waals surface area contributed by atoms with Crippen LogP contribution in [0.2, 0.25) is 0 Å². The van der Waals surface area contributed by atoms with Gasteiger partial charge in [0, 0.05) is 31.9 Å². The Morgan fingerprint density at radius 2 is 1.70 bits per heavy atom. The molecular formula is C21H20F3N7O2. The highest BCUT2D eigenvalue weighted by Crippen LogP contribution is 2.27. The van der Waals surface area contributed by atoms with Crippen molar-refractivity contribution in [2.75, 3.05) is 36.4 Å². The molecule has 0 radical (unpaired) electrons. The number of halogens is 3. The number of pyridine rings is 1. The molecular weight excluding hydrogens is 439 g/mol. The summed E-state index contributed by atoms with van der Waals surface area (Å²) >= 11 is 0. The minimum atomic E-state index is -4.70. The second-order valence-corrected chi connectivity index (χ2v) is 7.31. The summed E-state index contributed by atoms with van der Waals surface area (Å²) < 4.78 is 40.0. The normalized spacial score (nSPS) is 14.2. The number of aromatic nitrogens is 3. The third kappa shape index (κ3) is 4.95. The van der Waals surface area contributed by atoms with E-state index in [9.17, 15) is 22.8 Å².